The van der Waals surface area contributed by atoms with Crippen molar-refractivity contribution in [2.75, 3.05) is 17.7 Å². The topological polar surface area (TPSA) is 114 Å². The maximum Gasteiger partial charge on any atom is 0.412 e. The highest BCUT2D eigenvalue weighted by molar-refractivity contribution is 6.01. The molecule has 2 amide bonds. The van der Waals surface area contributed by atoms with Crippen molar-refractivity contribution in [3.05, 3.63) is 36.7 Å². The van der Waals surface area contributed by atoms with Crippen molar-refractivity contribution in [1.29, 1.82) is 0 Å². The molecule has 2 heterocycles. The monoisotopic (exact) mass is 314 g/mol. The molecule has 0 aliphatic heterocycles. The van der Waals surface area contributed by atoms with Gasteiger partial charge in [-0.25, -0.2) is 9.48 Å². The number of methoxy groups -OCH3 is 1. The highest BCUT2D eigenvalue weighted by Gasteiger charge is 2.10. The van der Waals surface area contributed by atoms with E-state index >= 15 is 0 Å². The van der Waals surface area contributed by atoms with Crippen molar-refractivity contribution < 1.29 is 14.3 Å². The number of amides is 2. The molecular formula is C14H14N6O3. The molecular weight excluding hydrogens is 300 g/mol. The van der Waals surface area contributed by atoms with Crippen LogP contribution >= 0.6 is 0 Å². The van der Waals surface area contributed by atoms with E-state index in [4.69, 9.17) is 0 Å². The van der Waals surface area contributed by atoms with Gasteiger partial charge in [-0.05, 0) is 18.2 Å². The van der Waals surface area contributed by atoms with Gasteiger partial charge in [0.2, 0.25) is 5.91 Å². The number of hydrogen-bond donors (Lipinski definition) is 3. The first-order chi connectivity index (χ1) is 11.2. The molecule has 0 bridgehead atoms. The van der Waals surface area contributed by atoms with Gasteiger partial charge in [0.05, 0.1) is 19.0 Å². The second-order valence-corrected chi connectivity index (χ2v) is 4.71. The highest BCUT2D eigenvalue weighted by Crippen LogP contribution is 2.22. The molecule has 118 valence electrons. The van der Waals surface area contributed by atoms with Crippen LogP contribution in [0.4, 0.5) is 16.3 Å². The van der Waals surface area contributed by atoms with Gasteiger partial charge in [0.15, 0.2) is 5.82 Å². The quantitative estimate of drug-likeness (QED) is 0.676. The Morgan fingerprint density at radius 3 is 3.00 bits per heavy atom. The van der Waals surface area contributed by atoms with Crippen LogP contribution in [-0.2, 0) is 16.1 Å². The number of rotatable bonds is 4. The minimum atomic E-state index is -0.652. The van der Waals surface area contributed by atoms with E-state index in [0.29, 0.717) is 5.69 Å². The summed E-state index contributed by atoms with van der Waals surface area (Å²) >= 11 is 0. The van der Waals surface area contributed by atoms with Gasteiger partial charge >= 0.3 is 6.09 Å². The molecule has 0 spiro atoms. The van der Waals surface area contributed by atoms with E-state index in [-0.39, 0.29) is 18.3 Å². The minimum Gasteiger partial charge on any atom is -0.453 e. The molecule has 0 saturated carbocycles. The fourth-order valence-electron chi connectivity index (χ4n) is 2.12. The van der Waals surface area contributed by atoms with Gasteiger partial charge in [-0.1, -0.05) is 11.3 Å². The van der Waals surface area contributed by atoms with Crippen LogP contribution in [-0.4, -0.2) is 39.1 Å². The summed E-state index contributed by atoms with van der Waals surface area (Å²) in [6.45, 7) is -0.0311. The number of fused-ring (bicyclic) bond motifs is 1. The summed E-state index contributed by atoms with van der Waals surface area (Å²) in [6.07, 6.45) is 2.59. The standard InChI is InChI=1S/C14H14N6O3/c1-23-14(22)17-12-7-20(19-18-12)8-13(21)16-11-4-2-3-10-9(11)5-6-15-10/h2-7,15H,8H2,1H3,(H,16,21)(H,17,22). The summed E-state index contributed by atoms with van der Waals surface area (Å²) in [7, 11) is 1.24. The summed E-state index contributed by atoms with van der Waals surface area (Å²) in [5.74, 6) is -0.0504. The first kappa shape index (κ1) is 14.6. The molecule has 0 atom stereocenters. The zero-order chi connectivity index (χ0) is 16.2. The molecule has 3 N–H and O–H groups in total. The number of ether oxygens (including phenoxy) is 1. The average Bonchev–Trinajstić information content (AvgIpc) is 3.17. The van der Waals surface area contributed by atoms with Gasteiger partial charge in [0, 0.05) is 17.1 Å². The van der Waals surface area contributed by atoms with Crippen molar-refractivity contribution in [3.8, 4) is 0 Å². The van der Waals surface area contributed by atoms with E-state index in [1.54, 1.807) is 0 Å². The van der Waals surface area contributed by atoms with Crippen LogP contribution in [0.2, 0.25) is 0 Å². The SMILES string of the molecule is COC(=O)Nc1cn(CC(=O)Nc2cccc3[nH]ccc23)nn1. The Bertz CT molecular complexity index is 853. The Kier molecular flexibility index (Phi) is 3.91. The number of benzene rings is 1. The third-order valence-electron chi connectivity index (χ3n) is 3.13. The van der Waals surface area contributed by atoms with E-state index in [1.807, 2.05) is 30.5 Å². The van der Waals surface area contributed by atoms with Crippen molar-refractivity contribution in [3.63, 3.8) is 0 Å². The Hall–Kier alpha value is -3.36. The van der Waals surface area contributed by atoms with E-state index in [2.05, 4.69) is 30.7 Å². The molecule has 0 radical (unpaired) electrons. The van der Waals surface area contributed by atoms with Crippen molar-refractivity contribution in [2.24, 2.45) is 0 Å². The molecule has 1 aromatic carbocycles. The van der Waals surface area contributed by atoms with Gasteiger partial charge in [-0.2, -0.15) is 0 Å². The smallest absolute Gasteiger partial charge is 0.412 e. The number of carbonyl (C=O) groups excluding carboxylic acids is 2. The van der Waals surface area contributed by atoms with Crippen LogP contribution in [0.5, 0.6) is 0 Å². The number of aromatic nitrogens is 4. The lowest BCUT2D eigenvalue weighted by atomic mass is 10.2. The van der Waals surface area contributed by atoms with Crippen LogP contribution in [0, 0.1) is 0 Å². The number of H-pyrrole nitrogens is 1. The van der Waals surface area contributed by atoms with Gasteiger partial charge in [-0.3, -0.25) is 10.1 Å². The Labute approximate surface area is 130 Å². The van der Waals surface area contributed by atoms with E-state index in [1.165, 1.54) is 18.0 Å². The number of carbonyl (C=O) groups is 2. The first-order valence-electron chi connectivity index (χ1n) is 6.77. The molecule has 2 aromatic heterocycles. The molecule has 0 saturated heterocycles. The molecule has 3 rings (SSSR count). The molecule has 9 nitrogen and oxygen atoms in total. The fraction of sp³-hybridized carbons (Fsp3) is 0.143. The summed E-state index contributed by atoms with van der Waals surface area (Å²) in [6, 6.07) is 7.48. The second-order valence-electron chi connectivity index (χ2n) is 4.71. The molecule has 9 heteroatoms. The molecule has 0 aliphatic carbocycles. The summed E-state index contributed by atoms with van der Waals surface area (Å²) in [5.41, 5.74) is 1.65. The number of aromatic amines is 1. The number of anilines is 2. The molecule has 0 aliphatic rings. The Morgan fingerprint density at radius 1 is 1.30 bits per heavy atom. The lowest BCUT2D eigenvalue weighted by molar-refractivity contribution is -0.116. The van der Waals surface area contributed by atoms with E-state index in [0.717, 1.165) is 10.9 Å². The van der Waals surface area contributed by atoms with Crippen LogP contribution < -0.4 is 10.6 Å². The molecule has 0 unspecified atom stereocenters. The van der Waals surface area contributed by atoms with Crippen LogP contribution in [0.15, 0.2) is 36.7 Å². The summed E-state index contributed by atoms with van der Waals surface area (Å²) in [4.78, 5) is 26.3. The predicted molar refractivity (Wildman–Crippen MR) is 83.0 cm³/mol. The minimum absolute atomic E-state index is 0.0311. The molecule has 0 fully saturated rings. The van der Waals surface area contributed by atoms with Crippen LogP contribution in [0.1, 0.15) is 0 Å². The highest BCUT2D eigenvalue weighted by atomic mass is 16.5. The maximum absolute atomic E-state index is 12.1. The molecule has 23 heavy (non-hydrogen) atoms. The Balaban J connectivity index is 1.65. The Morgan fingerprint density at radius 2 is 2.17 bits per heavy atom. The number of nitrogens with one attached hydrogen (secondary N) is 3. The zero-order valence-corrected chi connectivity index (χ0v) is 12.2. The predicted octanol–water partition coefficient (Wildman–Crippen LogP) is 1.58. The normalized spacial score (nSPS) is 10.5. The number of nitrogens with zero attached hydrogens (tertiary/aromatic N) is 3. The van der Waals surface area contributed by atoms with Crippen molar-refractivity contribution in [1.82, 2.24) is 20.0 Å². The number of hydrogen-bond acceptors (Lipinski definition) is 5. The zero-order valence-electron chi connectivity index (χ0n) is 12.2. The van der Waals surface area contributed by atoms with Crippen molar-refractivity contribution >= 4 is 34.4 Å². The largest absolute Gasteiger partial charge is 0.453 e. The van der Waals surface area contributed by atoms with Gasteiger partial charge < -0.3 is 15.0 Å². The van der Waals surface area contributed by atoms with Gasteiger partial charge in [-0.15, -0.1) is 5.10 Å². The third-order valence-corrected chi connectivity index (χ3v) is 3.13. The van der Waals surface area contributed by atoms with E-state index < -0.39 is 6.09 Å². The van der Waals surface area contributed by atoms with Crippen LogP contribution in [0.25, 0.3) is 10.9 Å². The average molecular weight is 314 g/mol. The second kappa shape index (κ2) is 6.18. The fourth-order valence-corrected chi connectivity index (χ4v) is 2.12. The maximum atomic E-state index is 12.1. The first-order valence-corrected chi connectivity index (χ1v) is 6.77. The summed E-state index contributed by atoms with van der Waals surface area (Å²) in [5, 5.41) is 13.6. The lowest BCUT2D eigenvalue weighted by Crippen LogP contribution is -2.19. The third kappa shape index (κ3) is 3.28. The van der Waals surface area contributed by atoms with Gasteiger partial charge in [0.25, 0.3) is 0 Å². The summed E-state index contributed by atoms with van der Waals surface area (Å²) < 4.78 is 5.76. The lowest BCUT2D eigenvalue weighted by Gasteiger charge is -2.06. The van der Waals surface area contributed by atoms with Crippen molar-refractivity contribution in [2.45, 2.75) is 6.54 Å². The van der Waals surface area contributed by atoms with Crippen LogP contribution in [0.3, 0.4) is 0 Å². The van der Waals surface area contributed by atoms with E-state index in [9.17, 15) is 9.59 Å². The van der Waals surface area contributed by atoms with Gasteiger partial charge in [0.1, 0.15) is 6.54 Å². The molecule has 3 aromatic rings.